The van der Waals surface area contributed by atoms with Crippen molar-refractivity contribution in [2.45, 2.75) is 0 Å². The number of hydrogen-bond acceptors (Lipinski definition) is 2. The molecule has 6 nitrogen and oxygen atoms in total. The number of hydrogen-bond donors (Lipinski definition) is 4. The van der Waals surface area contributed by atoms with E-state index in [0.29, 0.717) is 0 Å². The van der Waals surface area contributed by atoms with E-state index in [1.165, 1.54) is 0 Å². The van der Waals surface area contributed by atoms with Crippen molar-refractivity contribution in [2.75, 3.05) is 0 Å². The number of carboxylic acid groups (broad SMARTS) is 4. The first-order valence-corrected chi connectivity index (χ1v) is 1.30. The Balaban J connectivity index is -0.0000000300. The fourth-order valence-electron chi connectivity index (χ4n) is 0. The van der Waals surface area contributed by atoms with Crippen LogP contribution in [-0.4, -0.2) is 130 Å². The van der Waals surface area contributed by atoms with Crippen LogP contribution in [0.4, 0.5) is 9.59 Å². The summed E-state index contributed by atoms with van der Waals surface area (Å²) in [6, 6.07) is 0. The molecule has 0 saturated heterocycles. The zero-order valence-electron chi connectivity index (χ0n) is 3.61. The number of rotatable bonds is 0. The average molecular weight is 254 g/mol. The van der Waals surface area contributed by atoms with E-state index < -0.39 is 12.3 Å². The van der Waals surface area contributed by atoms with Gasteiger partial charge in [0.2, 0.25) is 0 Å². The summed E-state index contributed by atoms with van der Waals surface area (Å²) < 4.78 is 0. The van der Waals surface area contributed by atoms with Crippen LogP contribution in [-0.2, 0) is 0 Å². The van der Waals surface area contributed by atoms with Crippen LogP contribution in [0.25, 0.3) is 0 Å². The van der Waals surface area contributed by atoms with Gasteiger partial charge in [-0.15, -0.1) is 0 Å². The van der Waals surface area contributed by atoms with Crippen LogP contribution in [0.3, 0.4) is 0 Å². The summed E-state index contributed by atoms with van der Waals surface area (Å²) in [4.78, 5) is 17.1. The molecule has 0 spiro atoms. The Hall–Kier alpha value is 1.66. The van der Waals surface area contributed by atoms with Gasteiger partial charge in [0.25, 0.3) is 0 Å². The fraction of sp³-hybridized carbons (Fsp3) is 0. The van der Waals surface area contributed by atoms with E-state index in [-0.39, 0.29) is 96.9 Å². The third kappa shape index (κ3) is 264. The summed E-state index contributed by atoms with van der Waals surface area (Å²) in [5.41, 5.74) is 0. The Kier molecular flexibility index (Phi) is 38.3. The van der Waals surface area contributed by atoms with E-state index in [4.69, 9.17) is 30.0 Å². The average Bonchev–Trinajstić information content (AvgIpc) is 1.25. The van der Waals surface area contributed by atoms with Gasteiger partial charge in [0.15, 0.2) is 0 Å². The van der Waals surface area contributed by atoms with Gasteiger partial charge in [-0.2, -0.15) is 0 Å². The molecule has 0 radical (unpaired) electrons. The minimum atomic E-state index is -1.83. The van der Waals surface area contributed by atoms with E-state index in [2.05, 4.69) is 0 Å². The Morgan fingerprint density at radius 1 is 0.800 bits per heavy atom. The van der Waals surface area contributed by atoms with Gasteiger partial charge in [0, 0.05) is 0 Å². The molecule has 0 amide bonds. The normalized spacial score (nSPS) is 4.80. The first kappa shape index (κ1) is 22.6. The molecule has 0 aromatic rings. The molecule has 0 aliphatic rings. The Labute approximate surface area is 136 Å². The zero-order chi connectivity index (χ0) is 7.15. The Morgan fingerprint density at radius 3 is 0.800 bits per heavy atom. The monoisotopic (exact) mass is 254 g/mol. The van der Waals surface area contributed by atoms with Gasteiger partial charge in [-0.1, -0.05) is 0 Å². The van der Waals surface area contributed by atoms with Gasteiger partial charge in [0.1, 0.15) is 0 Å². The van der Waals surface area contributed by atoms with E-state index >= 15 is 0 Å². The van der Waals surface area contributed by atoms with Gasteiger partial charge >= 0.3 is 109 Å². The molecule has 0 rings (SSSR count). The molecular weight excluding hydrogens is 247 g/mol. The van der Waals surface area contributed by atoms with Crippen LogP contribution in [0.2, 0.25) is 0 Å². The van der Waals surface area contributed by atoms with Crippen molar-refractivity contribution in [3.8, 4) is 0 Å². The summed E-state index contributed by atoms with van der Waals surface area (Å²) in [6.07, 6.45) is -3.67. The summed E-state index contributed by atoms with van der Waals surface area (Å²) in [7, 11) is 0. The summed E-state index contributed by atoms with van der Waals surface area (Å²) in [6.45, 7) is 0. The maximum absolute atomic E-state index is 8.56. The molecular formula is C2H7KO6Sr. The van der Waals surface area contributed by atoms with Crippen LogP contribution in [0, 0.1) is 0 Å². The van der Waals surface area contributed by atoms with E-state index in [9.17, 15) is 0 Å². The van der Waals surface area contributed by atoms with Crippen molar-refractivity contribution >= 4 is 109 Å². The Bertz CT molecular complexity index is 73.7. The summed E-state index contributed by atoms with van der Waals surface area (Å²) in [5, 5.41) is 27.9. The molecule has 4 N–H and O–H groups in total. The van der Waals surface area contributed by atoms with Crippen LogP contribution >= 0.6 is 0 Å². The van der Waals surface area contributed by atoms with Crippen LogP contribution in [0.1, 0.15) is 0 Å². The summed E-state index contributed by atoms with van der Waals surface area (Å²) >= 11 is 0. The first-order valence-electron chi connectivity index (χ1n) is 1.30. The van der Waals surface area contributed by atoms with Crippen molar-refractivity contribution < 1.29 is 30.0 Å². The second kappa shape index (κ2) is 17.0. The molecule has 0 aromatic carbocycles. The van der Waals surface area contributed by atoms with Crippen LogP contribution in [0.5, 0.6) is 0 Å². The van der Waals surface area contributed by atoms with Gasteiger partial charge < -0.3 is 20.4 Å². The van der Waals surface area contributed by atoms with Crippen molar-refractivity contribution in [1.29, 1.82) is 0 Å². The van der Waals surface area contributed by atoms with Gasteiger partial charge in [0.05, 0.1) is 0 Å². The molecule has 0 fully saturated rings. The second-order valence-corrected chi connectivity index (χ2v) is 0.565. The number of carbonyl (C=O) groups is 2. The van der Waals surface area contributed by atoms with E-state index in [1.54, 1.807) is 0 Å². The molecule has 0 aliphatic heterocycles. The van der Waals surface area contributed by atoms with Crippen molar-refractivity contribution in [2.24, 2.45) is 0 Å². The van der Waals surface area contributed by atoms with Crippen molar-refractivity contribution in [3.63, 3.8) is 0 Å². The van der Waals surface area contributed by atoms with Gasteiger partial charge in [-0.3, -0.25) is 0 Å². The Morgan fingerprint density at radius 2 is 0.800 bits per heavy atom. The first-order chi connectivity index (χ1) is 3.46. The molecule has 0 atom stereocenters. The van der Waals surface area contributed by atoms with E-state index in [1.807, 2.05) is 0 Å². The fourth-order valence-corrected chi connectivity index (χ4v) is 0. The summed E-state index contributed by atoms with van der Waals surface area (Å²) in [5.74, 6) is 0. The van der Waals surface area contributed by atoms with Crippen LogP contribution < -0.4 is 0 Å². The van der Waals surface area contributed by atoms with Gasteiger partial charge in [-0.05, 0) is 0 Å². The quantitative estimate of drug-likeness (QED) is 0.407. The molecule has 0 unspecified atom stereocenters. The SMILES string of the molecule is O=C(O)O.O=C(O)O.[KH].[SrH2]. The van der Waals surface area contributed by atoms with E-state index in [0.717, 1.165) is 0 Å². The zero-order valence-corrected chi connectivity index (χ0v) is 3.61. The van der Waals surface area contributed by atoms with Crippen LogP contribution in [0.15, 0.2) is 0 Å². The molecule has 0 saturated carbocycles. The topological polar surface area (TPSA) is 115 Å². The predicted molar refractivity (Wildman–Crippen MR) is 37.0 cm³/mol. The molecule has 0 aliphatic carbocycles. The maximum atomic E-state index is 8.56. The molecule has 0 aromatic heterocycles. The van der Waals surface area contributed by atoms with Crippen molar-refractivity contribution in [3.05, 3.63) is 0 Å². The molecule has 0 heterocycles. The van der Waals surface area contributed by atoms with Gasteiger partial charge in [-0.25, -0.2) is 9.59 Å². The standard InChI is InChI=1S/2CH2O3.K.Sr.3H/c2*2-1(3)4;;;;;/h2*(H2,2,3,4);;;;;. The second-order valence-electron chi connectivity index (χ2n) is 0.565. The molecule has 0 bridgehead atoms. The third-order valence-electron chi connectivity index (χ3n) is 0. The molecule has 54 valence electrons. The molecule has 10 heavy (non-hydrogen) atoms. The predicted octanol–water partition coefficient (Wildman–Crippen LogP) is -1.12. The molecule has 8 heteroatoms. The van der Waals surface area contributed by atoms with Crippen molar-refractivity contribution in [1.82, 2.24) is 0 Å². The minimum absolute atomic E-state index is 0. The third-order valence-corrected chi connectivity index (χ3v) is 0.